The molecule has 0 radical (unpaired) electrons. The Hall–Kier alpha value is -2.75. The van der Waals surface area contributed by atoms with Gasteiger partial charge >= 0.3 is 0 Å². The fourth-order valence-electron chi connectivity index (χ4n) is 4.00. The minimum absolute atomic E-state index is 0.158. The van der Waals surface area contributed by atoms with Crippen LogP contribution >= 0.6 is 0 Å². The number of carbonyl (C=O) groups is 5. The minimum Gasteiger partial charge on any atom is -0.353 e. The number of imide groups is 1. The Balaban J connectivity index is 1.84. The quantitative estimate of drug-likeness (QED) is 0.328. The van der Waals surface area contributed by atoms with Gasteiger partial charge in [-0.1, -0.05) is 13.8 Å². The van der Waals surface area contributed by atoms with Crippen LogP contribution in [0.25, 0.3) is 0 Å². The molecule has 2 aliphatic rings. The predicted molar refractivity (Wildman–Crippen MR) is 118 cm³/mol. The van der Waals surface area contributed by atoms with Gasteiger partial charge in [0.25, 0.3) is 11.8 Å². The molecule has 0 saturated heterocycles. The van der Waals surface area contributed by atoms with E-state index in [4.69, 9.17) is 5.73 Å². The van der Waals surface area contributed by atoms with E-state index in [0.29, 0.717) is 32.5 Å². The number of hydrogen-bond donors (Lipinski definition) is 4. The van der Waals surface area contributed by atoms with Crippen molar-refractivity contribution in [1.82, 2.24) is 20.9 Å². The third-order valence-corrected chi connectivity index (χ3v) is 6.00. The zero-order chi connectivity index (χ0) is 23.8. The third kappa shape index (κ3) is 6.88. The molecule has 0 unspecified atom stereocenters. The van der Waals surface area contributed by atoms with Crippen LogP contribution in [0.1, 0.15) is 46.5 Å². The molecule has 1 fully saturated rings. The van der Waals surface area contributed by atoms with Gasteiger partial charge in [-0.05, 0) is 44.4 Å². The lowest BCUT2D eigenvalue weighted by Crippen LogP contribution is -2.55. The molecule has 5 amide bonds. The molecule has 0 bridgehead atoms. The van der Waals surface area contributed by atoms with Crippen LogP contribution in [0.2, 0.25) is 0 Å². The van der Waals surface area contributed by atoms with E-state index >= 15 is 0 Å². The topological polar surface area (TPSA) is 151 Å². The number of rotatable bonds is 10. The summed E-state index contributed by atoms with van der Waals surface area (Å²) in [5.41, 5.74) is 5.37. The van der Waals surface area contributed by atoms with Crippen LogP contribution in [0, 0.1) is 17.8 Å². The Labute approximate surface area is 188 Å². The maximum absolute atomic E-state index is 12.8. The highest BCUT2D eigenvalue weighted by Gasteiger charge is 2.33. The van der Waals surface area contributed by atoms with Gasteiger partial charge in [-0.2, -0.15) is 0 Å². The van der Waals surface area contributed by atoms with Crippen LogP contribution in [0.5, 0.6) is 0 Å². The first kappa shape index (κ1) is 25.5. The van der Waals surface area contributed by atoms with Gasteiger partial charge in [0.2, 0.25) is 17.7 Å². The van der Waals surface area contributed by atoms with Crippen molar-refractivity contribution in [2.24, 2.45) is 23.5 Å². The molecule has 0 aromatic rings. The Morgan fingerprint density at radius 3 is 2.12 bits per heavy atom. The van der Waals surface area contributed by atoms with E-state index in [1.165, 1.54) is 17.1 Å². The molecule has 1 aliphatic carbocycles. The number of carbonyl (C=O) groups excluding carboxylic acids is 5. The molecule has 0 spiro atoms. The van der Waals surface area contributed by atoms with Crippen molar-refractivity contribution < 1.29 is 24.0 Å². The van der Waals surface area contributed by atoms with Crippen molar-refractivity contribution in [1.29, 1.82) is 0 Å². The molecule has 10 nitrogen and oxygen atoms in total. The Morgan fingerprint density at radius 2 is 1.59 bits per heavy atom. The first-order valence-corrected chi connectivity index (χ1v) is 11.3. The molecule has 10 heteroatoms. The lowest BCUT2D eigenvalue weighted by Gasteiger charge is -2.31. The number of amides is 5. The summed E-state index contributed by atoms with van der Waals surface area (Å²) in [4.78, 5) is 62.2. The van der Waals surface area contributed by atoms with Gasteiger partial charge in [-0.3, -0.25) is 28.9 Å². The van der Waals surface area contributed by atoms with Gasteiger partial charge in [0.15, 0.2) is 0 Å². The van der Waals surface area contributed by atoms with Crippen LogP contribution in [0.4, 0.5) is 0 Å². The number of nitrogens with two attached hydrogens (primary N) is 1. The molecular weight excluding hydrogens is 414 g/mol. The zero-order valence-corrected chi connectivity index (χ0v) is 19.1. The van der Waals surface area contributed by atoms with Gasteiger partial charge in [-0.15, -0.1) is 0 Å². The Morgan fingerprint density at radius 1 is 1.00 bits per heavy atom. The molecule has 0 aromatic heterocycles. The van der Waals surface area contributed by atoms with E-state index < -0.39 is 18.0 Å². The summed E-state index contributed by atoms with van der Waals surface area (Å²) >= 11 is 0. The number of nitrogens with one attached hydrogen (secondary N) is 3. The molecule has 1 saturated carbocycles. The third-order valence-electron chi connectivity index (χ3n) is 6.00. The monoisotopic (exact) mass is 449 g/mol. The summed E-state index contributed by atoms with van der Waals surface area (Å²) in [7, 11) is 0. The molecule has 2 rings (SSSR count). The summed E-state index contributed by atoms with van der Waals surface area (Å²) in [5, 5.41) is 8.11. The first-order valence-electron chi connectivity index (χ1n) is 11.3. The highest BCUT2D eigenvalue weighted by atomic mass is 16.2. The Kier molecular flexibility index (Phi) is 9.37. The highest BCUT2D eigenvalue weighted by Crippen LogP contribution is 2.30. The van der Waals surface area contributed by atoms with Crippen molar-refractivity contribution in [3.63, 3.8) is 0 Å². The largest absolute Gasteiger partial charge is 0.353 e. The van der Waals surface area contributed by atoms with Crippen LogP contribution in [0.15, 0.2) is 12.2 Å². The SMILES string of the molecule is CC(C)[C@H](NC(=O)C1CCC(CN2C(=O)C=CC2=O)CC1)C(=O)N[C@@H](C)C(=O)NCCN. The fourth-order valence-corrected chi connectivity index (χ4v) is 4.00. The second kappa shape index (κ2) is 11.8. The van der Waals surface area contributed by atoms with Gasteiger partial charge in [0, 0.05) is 37.7 Å². The fraction of sp³-hybridized carbons (Fsp3) is 0.682. The normalized spacial score (nSPS) is 22.6. The summed E-state index contributed by atoms with van der Waals surface area (Å²) in [6, 6.07) is -1.50. The Bertz CT molecular complexity index is 740. The molecule has 1 heterocycles. The van der Waals surface area contributed by atoms with E-state index in [1.807, 2.05) is 13.8 Å². The van der Waals surface area contributed by atoms with Crippen LogP contribution in [-0.2, 0) is 24.0 Å². The second-order valence-corrected chi connectivity index (χ2v) is 8.88. The maximum atomic E-state index is 12.8. The lowest BCUT2D eigenvalue weighted by molar-refractivity contribution is -0.138. The zero-order valence-electron chi connectivity index (χ0n) is 19.1. The van der Waals surface area contributed by atoms with Gasteiger partial charge in [0.1, 0.15) is 12.1 Å². The second-order valence-electron chi connectivity index (χ2n) is 8.88. The van der Waals surface area contributed by atoms with E-state index in [1.54, 1.807) is 6.92 Å². The van der Waals surface area contributed by atoms with Crippen LogP contribution < -0.4 is 21.7 Å². The standard InChI is InChI=1S/C22H35N5O5/c1-13(2)19(22(32)25-14(3)20(30)24-11-10-23)26-21(31)16-6-4-15(5-7-16)12-27-17(28)8-9-18(27)29/h8-9,13-16,19H,4-7,10-12,23H2,1-3H3,(H,24,30)(H,25,32)(H,26,31)/t14-,15?,16?,19-/m0/s1. The highest BCUT2D eigenvalue weighted by molar-refractivity contribution is 6.12. The lowest BCUT2D eigenvalue weighted by atomic mass is 9.81. The number of hydrogen-bond acceptors (Lipinski definition) is 6. The van der Waals surface area contributed by atoms with Gasteiger partial charge in [-0.25, -0.2) is 0 Å². The summed E-state index contributed by atoms with van der Waals surface area (Å²) in [6.07, 6.45) is 5.27. The average molecular weight is 450 g/mol. The summed E-state index contributed by atoms with van der Waals surface area (Å²) in [5.74, 6) is -1.71. The maximum Gasteiger partial charge on any atom is 0.253 e. The molecule has 0 aromatic carbocycles. The van der Waals surface area contributed by atoms with Gasteiger partial charge in [0.05, 0.1) is 0 Å². The van der Waals surface area contributed by atoms with E-state index in [9.17, 15) is 24.0 Å². The van der Waals surface area contributed by atoms with Gasteiger partial charge < -0.3 is 21.7 Å². The minimum atomic E-state index is -0.754. The van der Waals surface area contributed by atoms with Crippen molar-refractivity contribution >= 4 is 29.5 Å². The molecule has 1 aliphatic heterocycles. The average Bonchev–Trinajstić information content (AvgIpc) is 3.07. The van der Waals surface area contributed by atoms with Crippen LogP contribution in [0.3, 0.4) is 0 Å². The first-order chi connectivity index (χ1) is 15.1. The smallest absolute Gasteiger partial charge is 0.253 e. The molecule has 2 atom stereocenters. The summed E-state index contributed by atoms with van der Waals surface area (Å²) < 4.78 is 0. The van der Waals surface area contributed by atoms with Crippen LogP contribution in [-0.4, -0.2) is 66.2 Å². The van der Waals surface area contributed by atoms with E-state index in [2.05, 4.69) is 16.0 Å². The van der Waals surface area contributed by atoms with Crippen molar-refractivity contribution in [3.8, 4) is 0 Å². The van der Waals surface area contributed by atoms with Crippen molar-refractivity contribution in [2.75, 3.05) is 19.6 Å². The predicted octanol–water partition coefficient (Wildman–Crippen LogP) is -0.562. The number of nitrogens with zero attached hydrogens (tertiary/aromatic N) is 1. The molecule has 178 valence electrons. The van der Waals surface area contributed by atoms with E-state index in [-0.39, 0.29) is 41.4 Å². The van der Waals surface area contributed by atoms with E-state index in [0.717, 1.165) is 12.8 Å². The molecular formula is C22H35N5O5. The molecule has 32 heavy (non-hydrogen) atoms. The van der Waals surface area contributed by atoms with Crippen molar-refractivity contribution in [2.45, 2.75) is 58.5 Å². The molecule has 5 N–H and O–H groups in total. The van der Waals surface area contributed by atoms with Crippen molar-refractivity contribution in [3.05, 3.63) is 12.2 Å². The summed E-state index contributed by atoms with van der Waals surface area (Å²) in [6.45, 7) is 6.25.